The predicted molar refractivity (Wildman–Crippen MR) is 91.3 cm³/mol. The van der Waals surface area contributed by atoms with Crippen LogP contribution in [0.2, 0.25) is 0 Å². The van der Waals surface area contributed by atoms with Gasteiger partial charge in [-0.3, -0.25) is 9.59 Å². The molecular weight excluding hydrogens is 290 g/mol. The molecule has 5 heteroatoms. The molecule has 2 aromatic carbocycles. The van der Waals surface area contributed by atoms with Crippen molar-refractivity contribution >= 4 is 22.5 Å². The summed E-state index contributed by atoms with van der Waals surface area (Å²) in [4.78, 5) is 26.2. The lowest BCUT2D eigenvalue weighted by atomic mass is 10.1. The third-order valence-electron chi connectivity index (χ3n) is 3.63. The number of hydrogen-bond acceptors (Lipinski definition) is 3. The molecule has 0 fully saturated rings. The minimum Gasteiger partial charge on any atom is -0.325 e. The van der Waals surface area contributed by atoms with Crippen molar-refractivity contribution in [2.75, 3.05) is 5.32 Å². The summed E-state index contributed by atoms with van der Waals surface area (Å²) in [7, 11) is 0. The largest absolute Gasteiger partial charge is 0.325 e. The molecule has 0 aliphatic rings. The summed E-state index contributed by atoms with van der Waals surface area (Å²) in [6.07, 6.45) is 0.480. The van der Waals surface area contributed by atoms with Crippen molar-refractivity contribution in [3.8, 4) is 0 Å². The molecule has 1 amide bonds. The minimum absolute atomic E-state index is 0.154. The van der Waals surface area contributed by atoms with Gasteiger partial charge in [0.1, 0.15) is 0 Å². The molecule has 0 radical (unpaired) electrons. The Labute approximate surface area is 133 Å². The Kier molecular flexibility index (Phi) is 4.21. The minimum atomic E-state index is -0.622. The lowest BCUT2D eigenvalue weighted by molar-refractivity contribution is -0.117. The maximum Gasteiger partial charge on any atom is 0.248 e. The van der Waals surface area contributed by atoms with Crippen LogP contribution in [0.3, 0.4) is 0 Å². The fourth-order valence-corrected chi connectivity index (χ4v) is 2.43. The van der Waals surface area contributed by atoms with Crippen LogP contribution in [0.4, 0.5) is 5.69 Å². The van der Waals surface area contributed by atoms with Crippen LogP contribution in [0.25, 0.3) is 10.9 Å². The van der Waals surface area contributed by atoms with E-state index in [1.165, 1.54) is 6.07 Å². The van der Waals surface area contributed by atoms with Gasteiger partial charge >= 0.3 is 0 Å². The zero-order valence-corrected chi connectivity index (χ0v) is 12.5. The van der Waals surface area contributed by atoms with E-state index in [0.717, 1.165) is 16.5 Å². The Morgan fingerprint density at radius 2 is 1.87 bits per heavy atom. The van der Waals surface area contributed by atoms with E-state index in [0.29, 0.717) is 12.1 Å². The Morgan fingerprint density at radius 3 is 2.65 bits per heavy atom. The van der Waals surface area contributed by atoms with Crippen molar-refractivity contribution in [3.05, 3.63) is 76.6 Å². The first-order chi connectivity index (χ1) is 11.1. The quantitative estimate of drug-likeness (QED) is 0.689. The van der Waals surface area contributed by atoms with Crippen molar-refractivity contribution in [3.63, 3.8) is 0 Å². The number of aromatic nitrogens is 1. The number of pyridine rings is 1. The van der Waals surface area contributed by atoms with E-state index >= 15 is 0 Å². The Balaban J connectivity index is 1.72. The molecule has 1 atom stereocenters. The second-order valence-corrected chi connectivity index (χ2v) is 5.41. The van der Waals surface area contributed by atoms with Crippen LogP contribution in [0.5, 0.6) is 0 Å². The highest BCUT2D eigenvalue weighted by molar-refractivity contribution is 5.96. The number of anilines is 1. The summed E-state index contributed by atoms with van der Waals surface area (Å²) < 4.78 is 0. The van der Waals surface area contributed by atoms with Gasteiger partial charge in [0.2, 0.25) is 11.5 Å². The highest BCUT2D eigenvalue weighted by atomic mass is 16.2. The highest BCUT2D eigenvalue weighted by Crippen LogP contribution is 2.16. The zero-order chi connectivity index (χ0) is 16.2. The number of benzene rings is 2. The number of hydrogen-bond donors (Lipinski definition) is 3. The summed E-state index contributed by atoms with van der Waals surface area (Å²) in [5, 5.41) is 3.66. The lowest BCUT2D eigenvalue weighted by Crippen LogP contribution is -2.37. The molecule has 116 valence electrons. The fourth-order valence-electron chi connectivity index (χ4n) is 2.43. The van der Waals surface area contributed by atoms with E-state index in [4.69, 9.17) is 5.73 Å². The molecule has 4 N–H and O–H groups in total. The lowest BCUT2D eigenvalue weighted by Gasteiger charge is -2.13. The Morgan fingerprint density at radius 1 is 1.09 bits per heavy atom. The van der Waals surface area contributed by atoms with Crippen LogP contribution < -0.4 is 16.6 Å². The van der Waals surface area contributed by atoms with E-state index in [2.05, 4.69) is 10.3 Å². The number of nitrogens with one attached hydrogen (secondary N) is 2. The molecule has 0 bridgehead atoms. The van der Waals surface area contributed by atoms with Crippen molar-refractivity contribution in [2.45, 2.75) is 12.5 Å². The van der Waals surface area contributed by atoms with Crippen LogP contribution >= 0.6 is 0 Å². The summed E-state index contributed by atoms with van der Waals surface area (Å²) in [6.45, 7) is 0. The Hall–Kier alpha value is -2.92. The van der Waals surface area contributed by atoms with Gasteiger partial charge in [-0.2, -0.15) is 0 Å². The molecule has 5 nitrogen and oxygen atoms in total. The predicted octanol–water partition coefficient (Wildman–Crippen LogP) is 2.04. The van der Waals surface area contributed by atoms with Gasteiger partial charge in [0.15, 0.2) is 0 Å². The van der Waals surface area contributed by atoms with Gasteiger partial charge in [-0.15, -0.1) is 0 Å². The van der Waals surface area contributed by atoms with Crippen LogP contribution in [0.1, 0.15) is 5.56 Å². The normalized spacial score (nSPS) is 12.0. The number of rotatable bonds is 4. The SMILES string of the molecule is N[C@@H](Cc1ccccc1)C(=O)Nc1ccc2[nH]c(=O)ccc2c1. The summed E-state index contributed by atoms with van der Waals surface area (Å²) in [6, 6.07) is 17.5. The zero-order valence-electron chi connectivity index (χ0n) is 12.5. The average molecular weight is 307 g/mol. The molecule has 23 heavy (non-hydrogen) atoms. The first kappa shape index (κ1) is 15.0. The third kappa shape index (κ3) is 3.64. The van der Waals surface area contributed by atoms with Gasteiger partial charge in [0.25, 0.3) is 0 Å². The molecule has 0 unspecified atom stereocenters. The molecule has 1 aromatic heterocycles. The fraction of sp³-hybridized carbons (Fsp3) is 0.111. The molecule has 0 aliphatic heterocycles. The first-order valence-electron chi connectivity index (χ1n) is 7.35. The molecule has 0 saturated heterocycles. The number of amides is 1. The second-order valence-electron chi connectivity index (χ2n) is 5.41. The second kappa shape index (κ2) is 6.46. The molecule has 3 rings (SSSR count). The van der Waals surface area contributed by atoms with Crippen molar-refractivity contribution in [1.82, 2.24) is 4.98 Å². The number of nitrogens with two attached hydrogens (primary N) is 1. The van der Waals surface area contributed by atoms with E-state index in [1.807, 2.05) is 30.3 Å². The standard InChI is InChI=1S/C18H17N3O2/c19-15(10-12-4-2-1-3-5-12)18(23)20-14-7-8-16-13(11-14)6-9-17(22)21-16/h1-9,11,15H,10,19H2,(H,20,23)(H,21,22)/t15-/m0/s1. The topological polar surface area (TPSA) is 88.0 Å². The van der Waals surface area contributed by atoms with E-state index in [9.17, 15) is 9.59 Å². The summed E-state index contributed by atoms with van der Waals surface area (Å²) >= 11 is 0. The molecule has 0 saturated carbocycles. The maximum atomic E-state index is 12.2. The first-order valence-corrected chi connectivity index (χ1v) is 7.35. The number of carbonyl (C=O) groups is 1. The van der Waals surface area contributed by atoms with E-state index in [-0.39, 0.29) is 11.5 Å². The molecule has 0 aliphatic carbocycles. The van der Waals surface area contributed by atoms with Gasteiger partial charge in [-0.05, 0) is 36.2 Å². The monoisotopic (exact) mass is 307 g/mol. The highest BCUT2D eigenvalue weighted by Gasteiger charge is 2.14. The van der Waals surface area contributed by atoms with Gasteiger partial charge in [0, 0.05) is 22.7 Å². The van der Waals surface area contributed by atoms with Crippen LogP contribution in [0.15, 0.2) is 65.5 Å². The van der Waals surface area contributed by atoms with Gasteiger partial charge in [-0.1, -0.05) is 30.3 Å². The molecular formula is C18H17N3O2. The van der Waals surface area contributed by atoms with Crippen LogP contribution in [0, 0.1) is 0 Å². The van der Waals surface area contributed by atoms with Crippen LogP contribution in [-0.2, 0) is 11.2 Å². The Bertz CT molecular complexity index is 887. The summed E-state index contributed by atoms with van der Waals surface area (Å²) in [5.41, 5.74) is 8.21. The molecule has 1 heterocycles. The number of aromatic amines is 1. The summed E-state index contributed by atoms with van der Waals surface area (Å²) in [5.74, 6) is -0.238. The van der Waals surface area contributed by atoms with E-state index in [1.54, 1.807) is 24.3 Å². The van der Waals surface area contributed by atoms with Crippen LogP contribution in [-0.4, -0.2) is 16.9 Å². The van der Waals surface area contributed by atoms with Gasteiger partial charge in [0.05, 0.1) is 6.04 Å². The van der Waals surface area contributed by atoms with E-state index < -0.39 is 6.04 Å². The van der Waals surface area contributed by atoms with Crippen molar-refractivity contribution < 1.29 is 4.79 Å². The van der Waals surface area contributed by atoms with Gasteiger partial charge in [-0.25, -0.2) is 0 Å². The maximum absolute atomic E-state index is 12.2. The van der Waals surface area contributed by atoms with Gasteiger partial charge < -0.3 is 16.0 Å². The van der Waals surface area contributed by atoms with Crippen molar-refractivity contribution in [2.24, 2.45) is 5.73 Å². The average Bonchev–Trinajstić information content (AvgIpc) is 2.56. The number of carbonyl (C=O) groups excluding carboxylic acids is 1. The third-order valence-corrected chi connectivity index (χ3v) is 3.63. The number of H-pyrrole nitrogens is 1. The smallest absolute Gasteiger partial charge is 0.248 e. The molecule has 3 aromatic rings. The van der Waals surface area contributed by atoms with Crippen molar-refractivity contribution in [1.29, 1.82) is 0 Å². The molecule has 0 spiro atoms. The number of fused-ring (bicyclic) bond motifs is 1.